The number of aliphatic hydroxyl groups is 1. The first-order valence-corrected chi connectivity index (χ1v) is 8.03. The molecule has 2 amide bonds. The first-order chi connectivity index (χ1) is 12.1. The second-order valence-electron chi connectivity index (χ2n) is 5.70. The SMILES string of the molecule is O=C(NCCC(O)c1ccccc1)C(=O)Nc1ccc2[nH]ccc2c1. The summed E-state index contributed by atoms with van der Waals surface area (Å²) < 4.78 is 0. The number of H-pyrrole nitrogens is 1. The van der Waals surface area contributed by atoms with Crippen molar-refractivity contribution in [1.29, 1.82) is 0 Å². The van der Waals surface area contributed by atoms with E-state index in [1.165, 1.54) is 0 Å². The van der Waals surface area contributed by atoms with Crippen LogP contribution in [0.5, 0.6) is 0 Å². The molecule has 4 N–H and O–H groups in total. The molecule has 3 rings (SSSR count). The second kappa shape index (κ2) is 7.63. The molecular formula is C19H19N3O3. The number of anilines is 1. The molecule has 3 aromatic rings. The van der Waals surface area contributed by atoms with E-state index in [1.807, 2.05) is 42.5 Å². The van der Waals surface area contributed by atoms with Gasteiger partial charge in [0.05, 0.1) is 6.10 Å². The maximum absolute atomic E-state index is 11.9. The van der Waals surface area contributed by atoms with E-state index in [0.29, 0.717) is 12.1 Å². The van der Waals surface area contributed by atoms with E-state index in [2.05, 4.69) is 15.6 Å². The van der Waals surface area contributed by atoms with E-state index in [-0.39, 0.29) is 6.54 Å². The Morgan fingerprint density at radius 1 is 1.04 bits per heavy atom. The summed E-state index contributed by atoms with van der Waals surface area (Å²) in [7, 11) is 0. The number of hydrogen-bond donors (Lipinski definition) is 4. The van der Waals surface area contributed by atoms with Crippen molar-refractivity contribution in [3.63, 3.8) is 0 Å². The molecule has 0 saturated carbocycles. The van der Waals surface area contributed by atoms with Crippen LogP contribution in [0.2, 0.25) is 0 Å². The van der Waals surface area contributed by atoms with Crippen molar-refractivity contribution < 1.29 is 14.7 Å². The molecule has 0 saturated heterocycles. The van der Waals surface area contributed by atoms with Crippen molar-refractivity contribution in [2.75, 3.05) is 11.9 Å². The summed E-state index contributed by atoms with van der Waals surface area (Å²) in [4.78, 5) is 26.9. The highest BCUT2D eigenvalue weighted by Gasteiger charge is 2.14. The number of rotatable bonds is 5. The van der Waals surface area contributed by atoms with Gasteiger partial charge < -0.3 is 20.7 Å². The van der Waals surface area contributed by atoms with Gasteiger partial charge >= 0.3 is 11.8 Å². The van der Waals surface area contributed by atoms with Gasteiger partial charge in [-0.15, -0.1) is 0 Å². The number of hydrogen-bond acceptors (Lipinski definition) is 3. The Labute approximate surface area is 144 Å². The zero-order chi connectivity index (χ0) is 17.6. The summed E-state index contributed by atoms with van der Waals surface area (Å²) in [5, 5.41) is 16.1. The molecule has 0 aliphatic carbocycles. The lowest BCUT2D eigenvalue weighted by Gasteiger charge is -2.11. The summed E-state index contributed by atoms with van der Waals surface area (Å²) in [6.45, 7) is 0.207. The number of aromatic nitrogens is 1. The fourth-order valence-electron chi connectivity index (χ4n) is 2.56. The molecule has 0 fully saturated rings. The topological polar surface area (TPSA) is 94.2 Å². The van der Waals surface area contributed by atoms with Gasteiger partial charge in [-0.05, 0) is 36.2 Å². The van der Waals surface area contributed by atoms with Crippen LogP contribution in [0.3, 0.4) is 0 Å². The van der Waals surface area contributed by atoms with Gasteiger partial charge in [-0.25, -0.2) is 0 Å². The summed E-state index contributed by atoms with van der Waals surface area (Å²) >= 11 is 0. The number of carbonyl (C=O) groups excluding carboxylic acids is 2. The highest BCUT2D eigenvalue weighted by molar-refractivity contribution is 6.39. The highest BCUT2D eigenvalue weighted by atomic mass is 16.3. The molecule has 0 bridgehead atoms. The van der Waals surface area contributed by atoms with E-state index in [9.17, 15) is 14.7 Å². The molecule has 1 heterocycles. The van der Waals surface area contributed by atoms with Crippen molar-refractivity contribution in [1.82, 2.24) is 10.3 Å². The molecule has 0 radical (unpaired) electrons. The van der Waals surface area contributed by atoms with Crippen LogP contribution in [0.15, 0.2) is 60.8 Å². The predicted molar refractivity (Wildman–Crippen MR) is 96.0 cm³/mol. The van der Waals surface area contributed by atoms with Gasteiger partial charge in [-0.3, -0.25) is 9.59 Å². The molecular weight excluding hydrogens is 318 g/mol. The Morgan fingerprint density at radius 3 is 2.64 bits per heavy atom. The number of carbonyl (C=O) groups is 2. The second-order valence-corrected chi connectivity index (χ2v) is 5.70. The molecule has 2 aromatic carbocycles. The molecule has 0 spiro atoms. The molecule has 1 unspecified atom stereocenters. The highest BCUT2D eigenvalue weighted by Crippen LogP contribution is 2.18. The van der Waals surface area contributed by atoms with Crippen molar-refractivity contribution in [3.05, 3.63) is 66.4 Å². The Balaban J connectivity index is 1.48. The number of benzene rings is 2. The van der Waals surface area contributed by atoms with Crippen LogP contribution in [0.25, 0.3) is 10.9 Å². The zero-order valence-electron chi connectivity index (χ0n) is 13.5. The van der Waals surface area contributed by atoms with Gasteiger partial charge in [-0.1, -0.05) is 30.3 Å². The van der Waals surface area contributed by atoms with Crippen LogP contribution in [0, 0.1) is 0 Å². The Kier molecular flexibility index (Phi) is 5.11. The molecule has 0 aliphatic heterocycles. The van der Waals surface area contributed by atoms with E-state index >= 15 is 0 Å². The molecule has 6 heteroatoms. The fraction of sp³-hybridized carbons (Fsp3) is 0.158. The van der Waals surface area contributed by atoms with E-state index < -0.39 is 17.9 Å². The van der Waals surface area contributed by atoms with Crippen LogP contribution < -0.4 is 10.6 Å². The standard InChI is InChI=1S/C19H19N3O3/c23-17(13-4-2-1-3-5-13)9-11-21-18(24)19(25)22-15-6-7-16-14(12-15)8-10-20-16/h1-8,10,12,17,20,23H,9,11H2,(H,21,24)(H,22,25). The largest absolute Gasteiger partial charge is 0.388 e. The minimum Gasteiger partial charge on any atom is -0.388 e. The minimum atomic E-state index is -0.732. The number of nitrogens with one attached hydrogen (secondary N) is 3. The van der Waals surface area contributed by atoms with Crippen LogP contribution in [-0.4, -0.2) is 28.4 Å². The van der Waals surface area contributed by atoms with Gasteiger partial charge in [0.2, 0.25) is 0 Å². The van der Waals surface area contributed by atoms with Crippen molar-refractivity contribution in [3.8, 4) is 0 Å². The van der Waals surface area contributed by atoms with Gasteiger partial charge in [0, 0.05) is 29.3 Å². The smallest absolute Gasteiger partial charge is 0.313 e. The average Bonchev–Trinajstić information content (AvgIpc) is 3.10. The van der Waals surface area contributed by atoms with Gasteiger partial charge in [0.15, 0.2) is 0 Å². The van der Waals surface area contributed by atoms with Crippen LogP contribution in [0.4, 0.5) is 5.69 Å². The molecule has 6 nitrogen and oxygen atoms in total. The lowest BCUT2D eigenvalue weighted by molar-refractivity contribution is -0.136. The number of amides is 2. The molecule has 128 valence electrons. The van der Waals surface area contributed by atoms with Gasteiger partial charge in [-0.2, -0.15) is 0 Å². The summed E-state index contributed by atoms with van der Waals surface area (Å²) in [6.07, 6.45) is 1.46. The van der Waals surface area contributed by atoms with Crippen LogP contribution in [0.1, 0.15) is 18.1 Å². The molecule has 25 heavy (non-hydrogen) atoms. The lowest BCUT2D eigenvalue weighted by atomic mass is 10.1. The first-order valence-electron chi connectivity index (χ1n) is 8.03. The fourth-order valence-corrected chi connectivity index (χ4v) is 2.56. The monoisotopic (exact) mass is 337 g/mol. The van der Waals surface area contributed by atoms with Crippen molar-refractivity contribution in [2.45, 2.75) is 12.5 Å². The quantitative estimate of drug-likeness (QED) is 0.538. The van der Waals surface area contributed by atoms with Gasteiger partial charge in [0.1, 0.15) is 0 Å². The van der Waals surface area contributed by atoms with Crippen LogP contribution in [-0.2, 0) is 9.59 Å². The van der Waals surface area contributed by atoms with Crippen molar-refractivity contribution >= 4 is 28.4 Å². The third-order valence-electron chi connectivity index (χ3n) is 3.91. The molecule has 1 aromatic heterocycles. The first kappa shape index (κ1) is 16.7. The Morgan fingerprint density at radius 2 is 1.84 bits per heavy atom. The normalized spacial score (nSPS) is 11.9. The predicted octanol–water partition coefficient (Wildman–Crippen LogP) is 2.35. The van der Waals surface area contributed by atoms with E-state index in [1.54, 1.807) is 18.3 Å². The van der Waals surface area contributed by atoms with Gasteiger partial charge in [0.25, 0.3) is 0 Å². The summed E-state index contributed by atoms with van der Waals surface area (Å²) in [5.74, 6) is -1.46. The Hall–Kier alpha value is -3.12. The average molecular weight is 337 g/mol. The number of aliphatic hydroxyl groups excluding tert-OH is 1. The Bertz CT molecular complexity index is 874. The number of aromatic amines is 1. The summed E-state index contributed by atoms with van der Waals surface area (Å²) in [5.41, 5.74) is 2.29. The van der Waals surface area contributed by atoms with E-state index in [4.69, 9.17) is 0 Å². The molecule has 0 aliphatic rings. The molecule has 1 atom stereocenters. The number of fused-ring (bicyclic) bond motifs is 1. The minimum absolute atomic E-state index is 0.207. The zero-order valence-corrected chi connectivity index (χ0v) is 13.5. The third kappa shape index (κ3) is 4.24. The van der Waals surface area contributed by atoms with Crippen LogP contribution >= 0.6 is 0 Å². The van der Waals surface area contributed by atoms with Crippen molar-refractivity contribution in [2.24, 2.45) is 0 Å². The third-order valence-corrected chi connectivity index (χ3v) is 3.91. The maximum atomic E-state index is 11.9. The lowest BCUT2D eigenvalue weighted by Crippen LogP contribution is -2.36. The summed E-state index contributed by atoms with van der Waals surface area (Å²) in [6, 6.07) is 16.4. The van der Waals surface area contributed by atoms with E-state index in [0.717, 1.165) is 16.5 Å². The maximum Gasteiger partial charge on any atom is 0.313 e.